The Kier molecular flexibility index (Phi) is 4.87. The van der Waals surface area contributed by atoms with Crippen LogP contribution in [0.5, 0.6) is 0 Å². The highest BCUT2D eigenvalue weighted by Crippen LogP contribution is 2.32. The average Bonchev–Trinajstić information content (AvgIpc) is 2.90. The third kappa shape index (κ3) is 3.88. The molecule has 2 heterocycles. The largest absolute Gasteiger partial charge is 0.308 e. The van der Waals surface area contributed by atoms with Gasteiger partial charge >= 0.3 is 0 Å². The smallest absolute Gasteiger partial charge is 0.242 e. The first-order valence-electron chi connectivity index (χ1n) is 8.10. The van der Waals surface area contributed by atoms with Gasteiger partial charge in [0.25, 0.3) is 0 Å². The molecule has 0 spiro atoms. The highest BCUT2D eigenvalue weighted by Gasteiger charge is 2.32. The number of para-hydroxylation sites is 1. The molecule has 6 nitrogen and oxygen atoms in total. The van der Waals surface area contributed by atoms with E-state index in [0.717, 1.165) is 29.5 Å². The Labute approximate surface area is 148 Å². The minimum Gasteiger partial charge on any atom is -0.308 e. The van der Waals surface area contributed by atoms with Crippen LogP contribution >= 0.6 is 0 Å². The number of pyridine rings is 1. The minimum atomic E-state index is -3.52. The summed E-state index contributed by atoms with van der Waals surface area (Å²) in [7, 11) is -3.52. The molecular formula is C18H21N3O3S. The molecule has 1 aliphatic rings. The molecule has 1 amide bonds. The van der Waals surface area contributed by atoms with Crippen molar-refractivity contribution in [1.29, 1.82) is 0 Å². The Balaban J connectivity index is 1.81. The first-order valence-corrected chi connectivity index (χ1v) is 9.95. The number of hydrogen-bond donors (Lipinski definition) is 0. The van der Waals surface area contributed by atoms with Gasteiger partial charge < -0.3 is 4.90 Å². The quantitative estimate of drug-likeness (QED) is 0.816. The van der Waals surface area contributed by atoms with Gasteiger partial charge in [-0.1, -0.05) is 24.3 Å². The van der Waals surface area contributed by atoms with E-state index in [1.165, 1.54) is 4.31 Å². The number of carbonyl (C=O) groups excluding carboxylic acids is 1. The van der Waals surface area contributed by atoms with Crippen LogP contribution in [0.25, 0.3) is 0 Å². The summed E-state index contributed by atoms with van der Waals surface area (Å²) in [6, 6.07) is 11.3. The molecule has 3 rings (SSSR count). The number of hydrogen-bond acceptors (Lipinski definition) is 4. The molecule has 1 unspecified atom stereocenters. The molecule has 1 aromatic heterocycles. The van der Waals surface area contributed by atoms with Crippen molar-refractivity contribution in [2.45, 2.75) is 25.9 Å². The summed E-state index contributed by atoms with van der Waals surface area (Å²) in [6.45, 7) is 1.92. The summed E-state index contributed by atoms with van der Waals surface area (Å²) in [6.07, 6.45) is 5.14. The van der Waals surface area contributed by atoms with Gasteiger partial charge in [-0.2, -0.15) is 4.31 Å². The van der Waals surface area contributed by atoms with Crippen molar-refractivity contribution in [2.24, 2.45) is 0 Å². The molecule has 0 fully saturated rings. The van der Waals surface area contributed by atoms with Crippen LogP contribution in [0.4, 0.5) is 5.69 Å². The second kappa shape index (κ2) is 6.93. The number of sulfonamides is 1. The van der Waals surface area contributed by atoms with E-state index in [1.54, 1.807) is 29.4 Å². The molecule has 1 atom stereocenters. The predicted octanol–water partition coefficient (Wildman–Crippen LogP) is 1.82. The third-order valence-electron chi connectivity index (χ3n) is 4.34. The first kappa shape index (κ1) is 17.6. The lowest BCUT2D eigenvalue weighted by molar-refractivity contribution is -0.119. The van der Waals surface area contributed by atoms with Gasteiger partial charge in [0.2, 0.25) is 15.9 Å². The Morgan fingerprint density at radius 2 is 2.04 bits per heavy atom. The molecule has 0 aliphatic carbocycles. The standard InChI is InChI=1S/C18H21N3O3S/c1-14-10-16-7-3-4-8-17(16)21(14)18(22)13-20(25(2,23)24)12-15-6-5-9-19-11-15/h3-9,11,14H,10,12-13H2,1-2H3. The lowest BCUT2D eigenvalue weighted by Crippen LogP contribution is -2.44. The summed E-state index contributed by atoms with van der Waals surface area (Å²) >= 11 is 0. The van der Waals surface area contributed by atoms with Crippen molar-refractivity contribution in [3.63, 3.8) is 0 Å². The van der Waals surface area contributed by atoms with Gasteiger partial charge in [-0.25, -0.2) is 8.42 Å². The summed E-state index contributed by atoms with van der Waals surface area (Å²) in [5.74, 6) is -0.216. The maximum absolute atomic E-state index is 12.9. The molecule has 2 aromatic rings. The Morgan fingerprint density at radius 3 is 2.72 bits per heavy atom. The molecule has 1 aromatic carbocycles. The van der Waals surface area contributed by atoms with Gasteiger partial charge in [0.1, 0.15) is 0 Å². The van der Waals surface area contributed by atoms with Crippen LogP contribution < -0.4 is 4.90 Å². The van der Waals surface area contributed by atoms with Crippen LogP contribution in [0.1, 0.15) is 18.1 Å². The molecule has 1 aliphatic heterocycles. The number of nitrogens with zero attached hydrogens (tertiary/aromatic N) is 3. The Bertz CT molecular complexity index is 868. The molecule has 0 saturated carbocycles. The average molecular weight is 359 g/mol. The van der Waals surface area contributed by atoms with Crippen molar-refractivity contribution in [1.82, 2.24) is 9.29 Å². The van der Waals surface area contributed by atoms with E-state index in [1.807, 2.05) is 31.2 Å². The Hall–Kier alpha value is -2.25. The molecule has 7 heteroatoms. The molecule has 0 bridgehead atoms. The van der Waals surface area contributed by atoms with E-state index in [4.69, 9.17) is 0 Å². The zero-order valence-corrected chi connectivity index (χ0v) is 15.1. The summed E-state index contributed by atoms with van der Waals surface area (Å²) in [4.78, 5) is 18.6. The van der Waals surface area contributed by atoms with Crippen LogP contribution in [-0.2, 0) is 27.8 Å². The van der Waals surface area contributed by atoms with Gasteiger partial charge in [-0.3, -0.25) is 9.78 Å². The van der Waals surface area contributed by atoms with E-state index >= 15 is 0 Å². The highest BCUT2D eigenvalue weighted by atomic mass is 32.2. The van der Waals surface area contributed by atoms with Crippen LogP contribution in [-0.4, -0.2) is 42.5 Å². The van der Waals surface area contributed by atoms with Gasteiger partial charge in [0.05, 0.1) is 12.8 Å². The molecule has 0 radical (unpaired) electrons. The number of aromatic nitrogens is 1. The van der Waals surface area contributed by atoms with Crippen molar-refractivity contribution in [3.8, 4) is 0 Å². The number of carbonyl (C=O) groups is 1. The van der Waals surface area contributed by atoms with E-state index in [0.29, 0.717) is 0 Å². The molecule has 25 heavy (non-hydrogen) atoms. The van der Waals surface area contributed by atoms with Crippen LogP contribution in [0, 0.1) is 0 Å². The van der Waals surface area contributed by atoms with Gasteiger partial charge in [-0.05, 0) is 36.6 Å². The van der Waals surface area contributed by atoms with Gasteiger partial charge in [0.15, 0.2) is 0 Å². The second-order valence-electron chi connectivity index (χ2n) is 6.34. The molecule has 132 valence electrons. The fourth-order valence-electron chi connectivity index (χ4n) is 3.16. The topological polar surface area (TPSA) is 70.6 Å². The van der Waals surface area contributed by atoms with Gasteiger partial charge in [0, 0.05) is 30.7 Å². The highest BCUT2D eigenvalue weighted by molar-refractivity contribution is 7.88. The normalized spacial score (nSPS) is 16.9. The van der Waals surface area contributed by atoms with E-state index in [-0.39, 0.29) is 25.0 Å². The van der Waals surface area contributed by atoms with Crippen molar-refractivity contribution in [3.05, 3.63) is 59.9 Å². The lowest BCUT2D eigenvalue weighted by Gasteiger charge is -2.26. The fourth-order valence-corrected chi connectivity index (χ4v) is 3.89. The fraction of sp³-hybridized carbons (Fsp3) is 0.333. The number of amides is 1. The molecule has 0 saturated heterocycles. The summed E-state index contributed by atoms with van der Waals surface area (Å²) in [5.41, 5.74) is 2.73. The van der Waals surface area contributed by atoms with Crippen molar-refractivity contribution >= 4 is 21.6 Å². The van der Waals surface area contributed by atoms with E-state index < -0.39 is 10.0 Å². The van der Waals surface area contributed by atoms with Crippen LogP contribution in [0.15, 0.2) is 48.8 Å². The monoisotopic (exact) mass is 359 g/mol. The summed E-state index contributed by atoms with van der Waals surface area (Å²) in [5, 5.41) is 0. The lowest BCUT2D eigenvalue weighted by atomic mass is 10.1. The second-order valence-corrected chi connectivity index (χ2v) is 8.32. The van der Waals surface area contributed by atoms with Crippen molar-refractivity contribution in [2.75, 3.05) is 17.7 Å². The number of anilines is 1. The van der Waals surface area contributed by atoms with Gasteiger partial charge in [-0.15, -0.1) is 0 Å². The van der Waals surface area contributed by atoms with E-state index in [9.17, 15) is 13.2 Å². The number of fused-ring (bicyclic) bond motifs is 1. The van der Waals surface area contributed by atoms with Crippen LogP contribution in [0.3, 0.4) is 0 Å². The molecule has 0 N–H and O–H groups in total. The van der Waals surface area contributed by atoms with Crippen molar-refractivity contribution < 1.29 is 13.2 Å². The van der Waals surface area contributed by atoms with Crippen LogP contribution in [0.2, 0.25) is 0 Å². The first-order chi connectivity index (χ1) is 11.9. The number of benzene rings is 1. The third-order valence-corrected chi connectivity index (χ3v) is 5.53. The maximum atomic E-state index is 12.9. The predicted molar refractivity (Wildman–Crippen MR) is 96.6 cm³/mol. The van der Waals surface area contributed by atoms with E-state index in [2.05, 4.69) is 4.98 Å². The zero-order chi connectivity index (χ0) is 18.0. The zero-order valence-electron chi connectivity index (χ0n) is 14.3. The Morgan fingerprint density at radius 1 is 1.28 bits per heavy atom. The minimum absolute atomic E-state index is 0.0182. The maximum Gasteiger partial charge on any atom is 0.242 e. The summed E-state index contributed by atoms with van der Waals surface area (Å²) < 4.78 is 25.5. The SMILES string of the molecule is CC1Cc2ccccc2N1C(=O)CN(Cc1cccnc1)S(C)(=O)=O. The molecular weight excluding hydrogens is 338 g/mol. The number of rotatable bonds is 5.